The fourth-order valence-electron chi connectivity index (χ4n) is 2.23. The second-order valence-electron chi connectivity index (χ2n) is 4.70. The number of thiophene rings is 1. The number of fused-ring (bicyclic) bond motifs is 1. The van der Waals surface area contributed by atoms with Gasteiger partial charge in [0.25, 0.3) is 0 Å². The Morgan fingerprint density at radius 1 is 1.33 bits per heavy atom. The molecule has 0 aliphatic carbocycles. The van der Waals surface area contributed by atoms with Crippen LogP contribution in [0.4, 0.5) is 0 Å². The molecule has 0 fully saturated rings. The third-order valence-electron chi connectivity index (χ3n) is 3.34. The number of aliphatic hydroxyl groups excluding tert-OH is 1. The minimum atomic E-state index is -3.56. The van der Waals surface area contributed by atoms with Crippen LogP contribution in [0.5, 0.6) is 5.75 Å². The lowest BCUT2D eigenvalue weighted by Gasteiger charge is -2.18. The van der Waals surface area contributed by atoms with Gasteiger partial charge in [0.2, 0.25) is 10.0 Å². The molecule has 112 valence electrons. The molecule has 0 saturated carbocycles. The van der Waals surface area contributed by atoms with Crippen molar-refractivity contribution in [3.05, 3.63) is 46.2 Å². The van der Waals surface area contributed by atoms with E-state index in [2.05, 4.69) is 0 Å². The molecule has 0 atom stereocenters. The van der Waals surface area contributed by atoms with Crippen LogP contribution in [0.1, 0.15) is 10.4 Å². The molecular formula is C14H15NO4S2. The molecule has 3 rings (SSSR count). The number of benzene rings is 1. The molecule has 2 heterocycles. The van der Waals surface area contributed by atoms with Gasteiger partial charge in [0.05, 0.1) is 11.5 Å². The lowest BCUT2D eigenvalue weighted by Crippen LogP contribution is -2.32. The van der Waals surface area contributed by atoms with E-state index in [1.807, 2.05) is 24.3 Å². The van der Waals surface area contributed by atoms with Crippen molar-refractivity contribution in [1.29, 1.82) is 0 Å². The van der Waals surface area contributed by atoms with E-state index >= 15 is 0 Å². The molecule has 1 aliphatic rings. The van der Waals surface area contributed by atoms with Gasteiger partial charge >= 0.3 is 0 Å². The van der Waals surface area contributed by atoms with Crippen LogP contribution in [0, 0.1) is 0 Å². The van der Waals surface area contributed by atoms with Crippen LogP contribution in [-0.2, 0) is 23.2 Å². The van der Waals surface area contributed by atoms with E-state index in [-0.39, 0.29) is 11.5 Å². The maximum absolute atomic E-state index is 12.7. The normalized spacial score (nSPS) is 16.0. The Labute approximate surface area is 127 Å². The van der Waals surface area contributed by atoms with E-state index in [4.69, 9.17) is 9.84 Å². The SMILES string of the molecule is O=S(=O)(c1csc(CO)c1)N1CCOc2ccccc2C1. The molecule has 1 aliphatic heterocycles. The van der Waals surface area contributed by atoms with E-state index in [0.717, 1.165) is 11.3 Å². The number of ether oxygens (including phenoxy) is 1. The zero-order valence-electron chi connectivity index (χ0n) is 11.2. The Bertz CT molecular complexity index is 739. The second-order valence-corrected chi connectivity index (χ2v) is 7.64. The highest BCUT2D eigenvalue weighted by Gasteiger charge is 2.28. The lowest BCUT2D eigenvalue weighted by atomic mass is 10.2. The fourth-order valence-corrected chi connectivity index (χ4v) is 4.76. The van der Waals surface area contributed by atoms with Crippen molar-refractivity contribution >= 4 is 21.4 Å². The van der Waals surface area contributed by atoms with E-state index in [9.17, 15) is 8.42 Å². The zero-order valence-corrected chi connectivity index (χ0v) is 12.9. The van der Waals surface area contributed by atoms with Crippen molar-refractivity contribution in [3.8, 4) is 5.75 Å². The number of hydrogen-bond acceptors (Lipinski definition) is 5. The number of hydrogen-bond donors (Lipinski definition) is 1. The molecule has 0 radical (unpaired) electrons. The summed E-state index contributed by atoms with van der Waals surface area (Å²) in [5, 5.41) is 10.7. The number of para-hydroxylation sites is 1. The Kier molecular flexibility index (Phi) is 3.99. The van der Waals surface area contributed by atoms with E-state index in [1.54, 1.807) is 5.38 Å². The average molecular weight is 325 g/mol. The lowest BCUT2D eigenvalue weighted by molar-refractivity contribution is 0.285. The van der Waals surface area contributed by atoms with Crippen molar-refractivity contribution in [2.24, 2.45) is 0 Å². The molecule has 0 amide bonds. The topological polar surface area (TPSA) is 66.8 Å². The third-order valence-corrected chi connectivity index (χ3v) is 6.23. The Hall–Kier alpha value is -1.41. The van der Waals surface area contributed by atoms with Crippen LogP contribution < -0.4 is 4.74 Å². The molecule has 0 unspecified atom stereocenters. The van der Waals surface area contributed by atoms with Crippen molar-refractivity contribution in [1.82, 2.24) is 4.31 Å². The quantitative estimate of drug-likeness (QED) is 0.935. The van der Waals surface area contributed by atoms with Gasteiger partial charge in [-0.25, -0.2) is 8.42 Å². The largest absolute Gasteiger partial charge is 0.492 e. The molecule has 0 bridgehead atoms. The first-order valence-corrected chi connectivity index (χ1v) is 8.82. The smallest absolute Gasteiger partial charge is 0.244 e. The minimum absolute atomic E-state index is 0.147. The highest BCUT2D eigenvalue weighted by molar-refractivity contribution is 7.89. The van der Waals surface area contributed by atoms with Crippen molar-refractivity contribution in [2.75, 3.05) is 13.2 Å². The summed E-state index contributed by atoms with van der Waals surface area (Å²) in [4.78, 5) is 0.871. The Morgan fingerprint density at radius 2 is 2.14 bits per heavy atom. The molecule has 1 N–H and O–H groups in total. The van der Waals surface area contributed by atoms with Crippen LogP contribution in [0.15, 0.2) is 40.6 Å². The van der Waals surface area contributed by atoms with Crippen LogP contribution in [-0.4, -0.2) is 31.0 Å². The first kappa shape index (κ1) is 14.5. The summed E-state index contributed by atoms with van der Waals surface area (Å²) >= 11 is 1.24. The summed E-state index contributed by atoms with van der Waals surface area (Å²) in [5.74, 6) is 0.733. The number of aliphatic hydroxyl groups is 1. The molecule has 0 spiro atoms. The predicted octanol–water partition coefficient (Wildman–Crippen LogP) is 1.82. The maximum atomic E-state index is 12.7. The number of sulfonamides is 1. The second kappa shape index (κ2) is 5.76. The predicted molar refractivity (Wildman–Crippen MR) is 79.8 cm³/mol. The van der Waals surface area contributed by atoms with E-state index < -0.39 is 10.0 Å². The molecule has 1 aromatic heterocycles. The standard InChI is InChI=1S/C14H15NO4S2/c16-9-12-7-13(10-20-12)21(17,18)15-5-6-19-14-4-2-1-3-11(14)8-15/h1-4,7,10,16H,5-6,8-9H2. The van der Waals surface area contributed by atoms with Crippen molar-refractivity contribution in [3.63, 3.8) is 0 Å². The molecule has 2 aromatic rings. The summed E-state index contributed by atoms with van der Waals surface area (Å²) in [6.07, 6.45) is 0. The summed E-state index contributed by atoms with van der Waals surface area (Å²) in [5.41, 5.74) is 0.858. The molecular weight excluding hydrogens is 310 g/mol. The van der Waals surface area contributed by atoms with Gasteiger partial charge in [-0.15, -0.1) is 11.3 Å². The van der Waals surface area contributed by atoms with Crippen molar-refractivity contribution < 1.29 is 18.3 Å². The first-order valence-electron chi connectivity index (χ1n) is 6.50. The van der Waals surface area contributed by atoms with Gasteiger partial charge in [-0.1, -0.05) is 18.2 Å². The fraction of sp³-hybridized carbons (Fsp3) is 0.286. The summed E-state index contributed by atoms with van der Waals surface area (Å²) in [7, 11) is -3.56. The molecule has 0 saturated heterocycles. The van der Waals surface area contributed by atoms with Crippen LogP contribution >= 0.6 is 11.3 Å². The van der Waals surface area contributed by atoms with Crippen LogP contribution in [0.2, 0.25) is 0 Å². The van der Waals surface area contributed by atoms with Gasteiger partial charge in [0.15, 0.2) is 0 Å². The van der Waals surface area contributed by atoms with Crippen LogP contribution in [0.25, 0.3) is 0 Å². The van der Waals surface area contributed by atoms with Gasteiger partial charge in [-0.3, -0.25) is 0 Å². The third kappa shape index (κ3) is 2.82. The highest BCUT2D eigenvalue weighted by atomic mass is 32.2. The summed E-state index contributed by atoms with van der Waals surface area (Å²) in [6.45, 7) is 0.781. The Balaban J connectivity index is 1.92. The zero-order chi connectivity index (χ0) is 14.9. The molecule has 7 heteroatoms. The molecule has 21 heavy (non-hydrogen) atoms. The highest BCUT2D eigenvalue weighted by Crippen LogP contribution is 2.28. The van der Waals surface area contributed by atoms with Gasteiger partial charge < -0.3 is 9.84 Å². The minimum Gasteiger partial charge on any atom is -0.492 e. The number of nitrogens with zero attached hydrogens (tertiary/aromatic N) is 1. The summed E-state index contributed by atoms with van der Waals surface area (Å²) < 4.78 is 32.4. The van der Waals surface area contributed by atoms with Crippen LogP contribution in [0.3, 0.4) is 0 Å². The van der Waals surface area contributed by atoms with Crippen molar-refractivity contribution in [2.45, 2.75) is 18.0 Å². The van der Waals surface area contributed by atoms with Gasteiger partial charge in [-0.2, -0.15) is 4.31 Å². The first-order chi connectivity index (χ1) is 10.1. The van der Waals surface area contributed by atoms with Gasteiger partial charge in [-0.05, 0) is 12.1 Å². The monoisotopic (exact) mass is 325 g/mol. The van der Waals surface area contributed by atoms with Gasteiger partial charge in [0, 0.05) is 28.9 Å². The maximum Gasteiger partial charge on any atom is 0.244 e. The molecule has 1 aromatic carbocycles. The average Bonchev–Trinajstić information content (AvgIpc) is 2.87. The molecule has 5 nitrogen and oxygen atoms in total. The van der Waals surface area contributed by atoms with Gasteiger partial charge in [0.1, 0.15) is 12.4 Å². The number of rotatable bonds is 3. The van der Waals surface area contributed by atoms with E-state index in [1.165, 1.54) is 21.7 Å². The summed E-state index contributed by atoms with van der Waals surface area (Å²) in [6, 6.07) is 8.98. The Morgan fingerprint density at radius 3 is 2.90 bits per heavy atom. The van der Waals surface area contributed by atoms with E-state index in [0.29, 0.717) is 24.6 Å².